The molecule has 0 spiro atoms. The predicted octanol–water partition coefficient (Wildman–Crippen LogP) is 1.60. The van der Waals surface area contributed by atoms with Crippen LogP contribution in [0.25, 0.3) is 0 Å². The van der Waals surface area contributed by atoms with Gasteiger partial charge in [0.15, 0.2) is 0 Å². The van der Waals surface area contributed by atoms with E-state index in [1.54, 1.807) is 0 Å². The summed E-state index contributed by atoms with van der Waals surface area (Å²) in [7, 11) is 0. The lowest BCUT2D eigenvalue weighted by Gasteiger charge is -2.23. The molecule has 0 bridgehead atoms. The highest BCUT2D eigenvalue weighted by Crippen LogP contribution is 2.32. The molecular weight excluding hydrogens is 160 g/mol. The van der Waals surface area contributed by atoms with Crippen LogP contribution < -0.4 is 5.73 Å². The maximum absolute atomic E-state index is 5.59. The van der Waals surface area contributed by atoms with Gasteiger partial charge in [-0.1, -0.05) is 0 Å². The number of rotatable bonds is 3. The smallest absolute Gasteiger partial charge is 0.00980 e. The molecule has 2 N–H and O–H groups in total. The van der Waals surface area contributed by atoms with Crippen LogP contribution in [0, 0.1) is 5.92 Å². The van der Waals surface area contributed by atoms with Gasteiger partial charge in [-0.15, -0.1) is 0 Å². The second kappa shape index (κ2) is 4.43. The summed E-state index contributed by atoms with van der Waals surface area (Å²) in [6.45, 7) is 3.61. The van der Waals surface area contributed by atoms with E-state index in [9.17, 15) is 0 Å². The summed E-state index contributed by atoms with van der Waals surface area (Å²) in [6, 6.07) is 0.916. The van der Waals surface area contributed by atoms with Crippen LogP contribution in [0.4, 0.5) is 0 Å². The highest BCUT2D eigenvalue weighted by Gasteiger charge is 2.29. The van der Waals surface area contributed by atoms with Crippen molar-refractivity contribution in [3.05, 3.63) is 0 Å². The van der Waals surface area contributed by atoms with Crippen molar-refractivity contribution in [3.63, 3.8) is 0 Å². The normalized spacial score (nSPS) is 35.8. The molecule has 2 nitrogen and oxygen atoms in total. The van der Waals surface area contributed by atoms with Crippen LogP contribution in [0.5, 0.6) is 0 Å². The van der Waals surface area contributed by atoms with E-state index in [-0.39, 0.29) is 0 Å². The minimum atomic E-state index is 0.886. The summed E-state index contributed by atoms with van der Waals surface area (Å²) in [6.07, 6.45) is 8.40. The third kappa shape index (κ3) is 2.23. The first-order valence-corrected chi connectivity index (χ1v) is 5.84. The van der Waals surface area contributed by atoms with Crippen molar-refractivity contribution in [1.82, 2.24) is 4.90 Å². The van der Waals surface area contributed by atoms with Gasteiger partial charge in [0.05, 0.1) is 0 Å². The molecule has 2 aliphatic rings. The summed E-state index contributed by atoms with van der Waals surface area (Å²) in [5.74, 6) is 0.940. The molecule has 2 rings (SSSR count). The standard InChI is InChI=1S/C11H22N2/c12-6-5-10-3-4-11(9-10)13-7-1-2-8-13/h10-11H,1-9,12H2. The first-order chi connectivity index (χ1) is 6.40. The molecule has 1 aliphatic heterocycles. The Labute approximate surface area is 81.5 Å². The van der Waals surface area contributed by atoms with E-state index in [4.69, 9.17) is 5.73 Å². The summed E-state index contributed by atoms with van der Waals surface area (Å²) in [4.78, 5) is 2.70. The molecular formula is C11H22N2. The Balaban J connectivity index is 1.76. The summed E-state index contributed by atoms with van der Waals surface area (Å²) < 4.78 is 0. The van der Waals surface area contributed by atoms with Crippen molar-refractivity contribution in [1.29, 1.82) is 0 Å². The minimum absolute atomic E-state index is 0.886. The van der Waals surface area contributed by atoms with Crippen LogP contribution >= 0.6 is 0 Å². The van der Waals surface area contributed by atoms with Gasteiger partial charge in [-0.25, -0.2) is 0 Å². The molecule has 2 unspecified atom stereocenters. The molecule has 13 heavy (non-hydrogen) atoms. The average molecular weight is 182 g/mol. The average Bonchev–Trinajstić information content (AvgIpc) is 2.70. The molecule has 2 atom stereocenters. The van der Waals surface area contributed by atoms with Crippen LogP contribution in [-0.4, -0.2) is 30.6 Å². The SMILES string of the molecule is NCCC1CCC(N2CCCC2)C1. The van der Waals surface area contributed by atoms with Gasteiger partial charge in [0.1, 0.15) is 0 Å². The number of nitrogens with zero attached hydrogens (tertiary/aromatic N) is 1. The number of hydrogen-bond acceptors (Lipinski definition) is 2. The molecule has 0 amide bonds. The van der Waals surface area contributed by atoms with E-state index in [1.807, 2.05) is 0 Å². The quantitative estimate of drug-likeness (QED) is 0.718. The molecule has 1 saturated carbocycles. The van der Waals surface area contributed by atoms with Crippen molar-refractivity contribution in [3.8, 4) is 0 Å². The monoisotopic (exact) mass is 182 g/mol. The zero-order chi connectivity index (χ0) is 9.10. The molecule has 1 aliphatic carbocycles. The summed E-state index contributed by atoms with van der Waals surface area (Å²) in [5.41, 5.74) is 5.59. The minimum Gasteiger partial charge on any atom is -0.330 e. The molecule has 0 radical (unpaired) electrons. The third-order valence-corrected chi connectivity index (χ3v) is 3.75. The lowest BCUT2D eigenvalue weighted by molar-refractivity contribution is 0.240. The fourth-order valence-corrected chi connectivity index (χ4v) is 2.98. The molecule has 0 aromatic rings. The topological polar surface area (TPSA) is 29.3 Å². The Morgan fingerprint density at radius 3 is 2.62 bits per heavy atom. The van der Waals surface area contributed by atoms with Crippen LogP contribution in [0.15, 0.2) is 0 Å². The lowest BCUT2D eigenvalue weighted by atomic mass is 10.0. The van der Waals surface area contributed by atoms with Crippen molar-refractivity contribution in [2.75, 3.05) is 19.6 Å². The molecule has 2 heteroatoms. The van der Waals surface area contributed by atoms with E-state index >= 15 is 0 Å². The Morgan fingerprint density at radius 1 is 1.15 bits per heavy atom. The molecule has 1 saturated heterocycles. The van der Waals surface area contributed by atoms with E-state index in [0.29, 0.717) is 0 Å². The zero-order valence-electron chi connectivity index (χ0n) is 8.54. The van der Waals surface area contributed by atoms with Crippen molar-refractivity contribution in [2.45, 2.75) is 44.6 Å². The lowest BCUT2D eigenvalue weighted by Crippen LogP contribution is -2.30. The first-order valence-electron chi connectivity index (χ1n) is 5.84. The van der Waals surface area contributed by atoms with Gasteiger partial charge in [0.25, 0.3) is 0 Å². The number of nitrogens with two attached hydrogens (primary N) is 1. The fraction of sp³-hybridized carbons (Fsp3) is 1.00. The van der Waals surface area contributed by atoms with Crippen molar-refractivity contribution in [2.24, 2.45) is 11.7 Å². The largest absolute Gasteiger partial charge is 0.330 e. The van der Waals surface area contributed by atoms with Gasteiger partial charge in [0.2, 0.25) is 0 Å². The van der Waals surface area contributed by atoms with Gasteiger partial charge in [0, 0.05) is 6.04 Å². The summed E-state index contributed by atoms with van der Waals surface area (Å²) >= 11 is 0. The maximum Gasteiger partial charge on any atom is 0.00980 e. The van der Waals surface area contributed by atoms with Gasteiger partial charge in [-0.05, 0) is 64.1 Å². The van der Waals surface area contributed by atoms with E-state index in [1.165, 1.54) is 51.6 Å². The Morgan fingerprint density at radius 2 is 1.92 bits per heavy atom. The van der Waals surface area contributed by atoms with Gasteiger partial charge in [-0.2, -0.15) is 0 Å². The summed E-state index contributed by atoms with van der Waals surface area (Å²) in [5, 5.41) is 0. The van der Waals surface area contributed by atoms with E-state index in [2.05, 4.69) is 4.90 Å². The first kappa shape index (κ1) is 9.47. The third-order valence-electron chi connectivity index (χ3n) is 3.75. The van der Waals surface area contributed by atoms with Crippen molar-refractivity contribution < 1.29 is 0 Å². The molecule has 76 valence electrons. The highest BCUT2D eigenvalue weighted by atomic mass is 15.2. The second-order valence-corrected chi connectivity index (χ2v) is 4.65. The Bertz CT molecular complexity index is 152. The van der Waals surface area contributed by atoms with Crippen LogP contribution in [0.3, 0.4) is 0 Å². The van der Waals surface area contributed by atoms with Crippen molar-refractivity contribution >= 4 is 0 Å². The second-order valence-electron chi connectivity index (χ2n) is 4.65. The molecule has 2 fully saturated rings. The highest BCUT2D eigenvalue weighted by molar-refractivity contribution is 4.84. The Hall–Kier alpha value is -0.0800. The Kier molecular flexibility index (Phi) is 3.23. The maximum atomic E-state index is 5.59. The molecule has 1 heterocycles. The van der Waals surface area contributed by atoms with E-state index < -0.39 is 0 Å². The molecule has 0 aromatic heterocycles. The van der Waals surface area contributed by atoms with Crippen LogP contribution in [-0.2, 0) is 0 Å². The van der Waals surface area contributed by atoms with Crippen LogP contribution in [0.2, 0.25) is 0 Å². The van der Waals surface area contributed by atoms with Gasteiger partial charge < -0.3 is 10.6 Å². The predicted molar refractivity (Wildman–Crippen MR) is 55.6 cm³/mol. The zero-order valence-corrected chi connectivity index (χ0v) is 8.54. The van der Waals surface area contributed by atoms with Crippen LogP contribution in [0.1, 0.15) is 38.5 Å². The number of likely N-dealkylation sites (tertiary alicyclic amines) is 1. The fourth-order valence-electron chi connectivity index (χ4n) is 2.98. The van der Waals surface area contributed by atoms with Gasteiger partial charge in [-0.3, -0.25) is 0 Å². The van der Waals surface area contributed by atoms with E-state index in [0.717, 1.165) is 18.5 Å². The molecule has 0 aromatic carbocycles. The van der Waals surface area contributed by atoms with Gasteiger partial charge >= 0.3 is 0 Å². The number of hydrogen-bond donors (Lipinski definition) is 1.